The monoisotopic (exact) mass is 454 g/mol. The van der Waals surface area contributed by atoms with Gasteiger partial charge < -0.3 is 15.0 Å². The molecule has 1 aromatic heterocycles. The van der Waals surface area contributed by atoms with Gasteiger partial charge in [-0.25, -0.2) is 0 Å². The van der Waals surface area contributed by atoms with Gasteiger partial charge in [-0.3, -0.25) is 9.48 Å². The molecule has 3 aliphatic rings. The van der Waals surface area contributed by atoms with Gasteiger partial charge >= 0.3 is 0 Å². The van der Waals surface area contributed by atoms with Crippen LogP contribution in [0.2, 0.25) is 0 Å². The third-order valence-corrected chi connectivity index (χ3v) is 8.46. The first kappa shape index (κ1) is 22.0. The van der Waals surface area contributed by atoms with Crippen LogP contribution in [-0.2, 0) is 30.0 Å². The van der Waals surface area contributed by atoms with Gasteiger partial charge in [0, 0.05) is 74.1 Å². The molecule has 1 amide bonds. The largest absolute Gasteiger partial charge is 0.381 e. The number of ether oxygens (including phenoxy) is 1. The van der Waals surface area contributed by atoms with E-state index in [0.29, 0.717) is 11.7 Å². The second-order valence-electron chi connectivity index (χ2n) is 9.38. The van der Waals surface area contributed by atoms with Gasteiger partial charge in [-0.1, -0.05) is 30.3 Å². The Bertz CT molecular complexity index is 933. The van der Waals surface area contributed by atoms with Crippen LogP contribution < -0.4 is 5.32 Å². The minimum Gasteiger partial charge on any atom is -0.381 e. The lowest BCUT2D eigenvalue weighted by Gasteiger charge is -2.39. The number of hydrogen-bond donors (Lipinski definition) is 1. The summed E-state index contributed by atoms with van der Waals surface area (Å²) in [5.74, 6) is 2.17. The molecule has 3 heterocycles. The van der Waals surface area contributed by atoms with Gasteiger partial charge in [0.05, 0.1) is 0 Å². The molecule has 2 saturated heterocycles. The molecule has 0 unspecified atom stereocenters. The maximum atomic E-state index is 13.2. The predicted octanol–water partition coefficient (Wildman–Crippen LogP) is 2.80. The molecule has 1 atom stereocenters. The average Bonchev–Trinajstić information content (AvgIpc) is 3.19. The van der Waals surface area contributed by atoms with Crippen LogP contribution in [0.4, 0.5) is 0 Å². The first-order valence-corrected chi connectivity index (χ1v) is 13.1. The Morgan fingerprint density at radius 1 is 1.22 bits per heavy atom. The second-order valence-corrected chi connectivity index (χ2v) is 10.6. The summed E-state index contributed by atoms with van der Waals surface area (Å²) in [7, 11) is 1.99. The first-order valence-electron chi connectivity index (χ1n) is 11.9. The van der Waals surface area contributed by atoms with Crippen LogP contribution in [0.25, 0.3) is 0 Å². The smallest absolute Gasteiger partial charge is 0.274 e. The highest BCUT2D eigenvalue weighted by atomic mass is 32.2. The first-order chi connectivity index (χ1) is 15.7. The van der Waals surface area contributed by atoms with Crippen molar-refractivity contribution in [3.8, 4) is 0 Å². The molecule has 7 heteroatoms. The van der Waals surface area contributed by atoms with Crippen molar-refractivity contribution in [2.24, 2.45) is 7.05 Å². The van der Waals surface area contributed by atoms with E-state index >= 15 is 0 Å². The third-order valence-electron chi connectivity index (χ3n) is 7.52. The lowest BCUT2D eigenvalue weighted by atomic mass is 9.73. The standard InChI is InChI=1S/C25H34N4O2S/c1-28-22-8-7-20(17-21(22)23(27-28)24(30)29-11-15-32-16-12-29)26-18-25(9-13-31-14-10-25)19-5-3-2-4-6-19/h2-6,20,26H,7-18H2,1H3/t20-/m0/s1. The minimum atomic E-state index is 0.119. The van der Waals surface area contributed by atoms with E-state index in [2.05, 4.69) is 40.7 Å². The number of fused-ring (bicyclic) bond motifs is 1. The van der Waals surface area contributed by atoms with E-state index < -0.39 is 0 Å². The van der Waals surface area contributed by atoms with Gasteiger partial charge in [-0.05, 0) is 37.7 Å². The number of amides is 1. The normalized spacial score (nSPS) is 23.0. The summed E-state index contributed by atoms with van der Waals surface area (Å²) in [6, 6.07) is 11.3. The number of aryl methyl sites for hydroxylation is 1. The van der Waals surface area contributed by atoms with Crippen molar-refractivity contribution < 1.29 is 9.53 Å². The molecule has 2 aromatic rings. The minimum absolute atomic E-state index is 0.119. The van der Waals surface area contributed by atoms with Crippen molar-refractivity contribution in [3.05, 3.63) is 52.8 Å². The number of hydrogen-bond acceptors (Lipinski definition) is 5. The summed E-state index contributed by atoms with van der Waals surface area (Å²) in [4.78, 5) is 15.2. The highest BCUT2D eigenvalue weighted by Crippen LogP contribution is 2.35. The summed E-state index contributed by atoms with van der Waals surface area (Å²) in [5.41, 5.74) is 4.62. The number of rotatable bonds is 5. The van der Waals surface area contributed by atoms with Gasteiger partial charge in [0.15, 0.2) is 5.69 Å². The summed E-state index contributed by atoms with van der Waals surface area (Å²) < 4.78 is 7.65. The Balaban J connectivity index is 1.31. The Labute approximate surface area is 195 Å². The second kappa shape index (κ2) is 9.57. The summed E-state index contributed by atoms with van der Waals surface area (Å²) in [6.07, 6.45) is 5.04. The van der Waals surface area contributed by atoms with E-state index in [0.717, 1.165) is 76.5 Å². The number of carbonyl (C=O) groups is 1. The van der Waals surface area contributed by atoms with Crippen LogP contribution in [0.15, 0.2) is 30.3 Å². The number of benzene rings is 1. The quantitative estimate of drug-likeness (QED) is 0.753. The van der Waals surface area contributed by atoms with Gasteiger partial charge in [0.2, 0.25) is 0 Å². The lowest BCUT2D eigenvalue weighted by molar-refractivity contribution is 0.0486. The summed E-state index contributed by atoms with van der Waals surface area (Å²) in [6.45, 7) is 4.26. The number of nitrogens with one attached hydrogen (secondary N) is 1. The molecule has 1 aliphatic carbocycles. The Kier molecular flexibility index (Phi) is 6.58. The van der Waals surface area contributed by atoms with Crippen molar-refractivity contribution in [1.29, 1.82) is 0 Å². The molecule has 0 spiro atoms. The molecule has 0 saturated carbocycles. The summed E-state index contributed by atoms with van der Waals surface area (Å²) in [5, 5.41) is 8.59. The highest BCUT2D eigenvalue weighted by Gasteiger charge is 2.36. The van der Waals surface area contributed by atoms with Crippen molar-refractivity contribution >= 4 is 17.7 Å². The van der Waals surface area contributed by atoms with Crippen LogP contribution in [0.5, 0.6) is 0 Å². The molecule has 2 aliphatic heterocycles. The van der Waals surface area contributed by atoms with E-state index in [1.807, 2.05) is 28.4 Å². The maximum Gasteiger partial charge on any atom is 0.274 e. The molecule has 5 rings (SSSR count). The van der Waals surface area contributed by atoms with Crippen molar-refractivity contribution in [2.75, 3.05) is 44.4 Å². The Morgan fingerprint density at radius 3 is 2.72 bits per heavy atom. The number of thioether (sulfide) groups is 1. The zero-order valence-electron chi connectivity index (χ0n) is 19.0. The number of aromatic nitrogens is 2. The molecule has 6 nitrogen and oxygen atoms in total. The summed E-state index contributed by atoms with van der Waals surface area (Å²) >= 11 is 1.93. The maximum absolute atomic E-state index is 13.2. The van der Waals surface area contributed by atoms with Gasteiger partial charge in [0.25, 0.3) is 5.91 Å². The molecule has 1 aromatic carbocycles. The fourth-order valence-electron chi connectivity index (χ4n) is 5.51. The number of nitrogens with zero attached hydrogens (tertiary/aromatic N) is 3. The van der Waals surface area contributed by atoms with E-state index in [1.54, 1.807) is 0 Å². The Morgan fingerprint density at radius 2 is 1.97 bits per heavy atom. The van der Waals surface area contributed by atoms with Crippen LogP contribution in [-0.4, -0.2) is 71.0 Å². The van der Waals surface area contributed by atoms with Crippen molar-refractivity contribution in [3.63, 3.8) is 0 Å². The van der Waals surface area contributed by atoms with Gasteiger partial charge in [0.1, 0.15) is 0 Å². The molecular formula is C25H34N4O2S. The zero-order valence-corrected chi connectivity index (χ0v) is 19.8. The van der Waals surface area contributed by atoms with Crippen molar-refractivity contribution in [2.45, 2.75) is 43.6 Å². The highest BCUT2D eigenvalue weighted by molar-refractivity contribution is 7.99. The van der Waals surface area contributed by atoms with E-state index in [9.17, 15) is 4.79 Å². The SMILES string of the molecule is Cn1nc(C(=O)N2CCSCC2)c2c1CC[C@H](NCC1(c3ccccc3)CCOCC1)C2. The fraction of sp³-hybridized carbons (Fsp3) is 0.600. The molecule has 32 heavy (non-hydrogen) atoms. The molecule has 172 valence electrons. The molecule has 1 N–H and O–H groups in total. The van der Waals surface area contributed by atoms with Crippen LogP contribution in [0, 0.1) is 0 Å². The van der Waals surface area contributed by atoms with Crippen LogP contribution in [0.3, 0.4) is 0 Å². The molecular weight excluding hydrogens is 420 g/mol. The molecule has 2 fully saturated rings. The topological polar surface area (TPSA) is 59.4 Å². The predicted molar refractivity (Wildman–Crippen MR) is 128 cm³/mol. The Hall–Kier alpha value is -1.83. The average molecular weight is 455 g/mol. The fourth-order valence-corrected chi connectivity index (χ4v) is 6.42. The van der Waals surface area contributed by atoms with Crippen molar-refractivity contribution in [1.82, 2.24) is 20.0 Å². The zero-order chi connectivity index (χ0) is 22.0. The van der Waals surface area contributed by atoms with E-state index in [-0.39, 0.29) is 11.3 Å². The van der Waals surface area contributed by atoms with Crippen LogP contribution >= 0.6 is 11.8 Å². The molecule has 0 bridgehead atoms. The van der Waals surface area contributed by atoms with E-state index in [1.165, 1.54) is 16.8 Å². The molecule has 0 radical (unpaired) electrons. The lowest BCUT2D eigenvalue weighted by Crippen LogP contribution is -2.47. The van der Waals surface area contributed by atoms with Gasteiger partial charge in [-0.15, -0.1) is 0 Å². The third kappa shape index (κ3) is 4.35. The van der Waals surface area contributed by atoms with Crippen LogP contribution in [0.1, 0.15) is 46.6 Å². The number of carbonyl (C=O) groups excluding carboxylic acids is 1. The van der Waals surface area contributed by atoms with Gasteiger partial charge in [-0.2, -0.15) is 16.9 Å². The van der Waals surface area contributed by atoms with E-state index in [4.69, 9.17) is 4.74 Å².